The Labute approximate surface area is 159 Å². The molecule has 2 aromatic carbocycles. The second-order valence-electron chi connectivity index (χ2n) is 5.73. The molecule has 0 saturated heterocycles. The maximum Gasteiger partial charge on any atom is 0.513 e. The van der Waals surface area contributed by atoms with Crippen LogP contribution in [0.1, 0.15) is 43.5 Å². The Hall–Kier alpha value is -3.02. The van der Waals surface area contributed by atoms with Gasteiger partial charge in [-0.15, -0.1) is 0 Å². The Morgan fingerprint density at radius 3 is 2.00 bits per heavy atom. The van der Waals surface area contributed by atoms with E-state index < -0.39 is 12.1 Å². The van der Waals surface area contributed by atoms with E-state index in [2.05, 4.69) is 6.92 Å². The Balaban J connectivity index is 1.84. The molecule has 144 valence electrons. The number of carbonyl (C=O) groups excluding carboxylic acids is 2. The largest absolute Gasteiger partial charge is 0.513 e. The molecule has 0 aliphatic heterocycles. The van der Waals surface area contributed by atoms with E-state index in [9.17, 15) is 9.59 Å². The van der Waals surface area contributed by atoms with Crippen LogP contribution in [0.15, 0.2) is 48.5 Å². The first kappa shape index (κ1) is 20.3. The molecule has 0 amide bonds. The van der Waals surface area contributed by atoms with E-state index in [4.69, 9.17) is 18.9 Å². The highest BCUT2D eigenvalue weighted by molar-refractivity contribution is 5.91. The molecule has 6 nitrogen and oxygen atoms in total. The van der Waals surface area contributed by atoms with Crippen molar-refractivity contribution in [2.75, 3.05) is 13.2 Å². The molecule has 0 saturated carbocycles. The maximum atomic E-state index is 12.2. The lowest BCUT2D eigenvalue weighted by Gasteiger charge is -2.08. The zero-order chi connectivity index (χ0) is 19.5. The minimum absolute atomic E-state index is 0.299. The van der Waals surface area contributed by atoms with Crippen LogP contribution in [0, 0.1) is 0 Å². The Bertz CT molecular complexity index is 721. The summed E-state index contributed by atoms with van der Waals surface area (Å²) in [6.07, 6.45) is 2.10. The number of benzene rings is 2. The minimum atomic E-state index is -0.754. The van der Waals surface area contributed by atoms with Crippen molar-refractivity contribution in [3.63, 3.8) is 0 Å². The maximum absolute atomic E-state index is 12.2. The normalized spacial score (nSPS) is 10.1. The molecule has 0 aliphatic rings. The van der Waals surface area contributed by atoms with Crippen molar-refractivity contribution in [1.29, 1.82) is 0 Å². The molecule has 0 atom stereocenters. The number of unbranched alkanes of at least 4 members (excludes halogenated alkanes) is 2. The third kappa shape index (κ3) is 7.01. The van der Waals surface area contributed by atoms with E-state index in [0.717, 1.165) is 19.3 Å². The van der Waals surface area contributed by atoms with E-state index in [-0.39, 0.29) is 0 Å². The van der Waals surface area contributed by atoms with Gasteiger partial charge in [-0.1, -0.05) is 19.8 Å². The molecule has 0 bridgehead atoms. The van der Waals surface area contributed by atoms with E-state index in [0.29, 0.717) is 36.0 Å². The molecule has 6 heteroatoms. The number of hydrogen-bond acceptors (Lipinski definition) is 6. The molecular formula is C21H24O6. The highest BCUT2D eigenvalue weighted by Gasteiger charge is 2.11. The number of esters is 1. The molecular weight excluding hydrogens is 348 g/mol. The van der Waals surface area contributed by atoms with Gasteiger partial charge in [0.1, 0.15) is 17.2 Å². The third-order valence-electron chi connectivity index (χ3n) is 3.60. The van der Waals surface area contributed by atoms with Crippen molar-refractivity contribution in [3.05, 3.63) is 54.1 Å². The van der Waals surface area contributed by atoms with Gasteiger partial charge < -0.3 is 18.9 Å². The van der Waals surface area contributed by atoms with Crippen LogP contribution in [0.5, 0.6) is 17.2 Å². The van der Waals surface area contributed by atoms with Crippen molar-refractivity contribution in [2.24, 2.45) is 0 Å². The quantitative estimate of drug-likeness (QED) is 0.267. The second-order valence-corrected chi connectivity index (χ2v) is 5.73. The van der Waals surface area contributed by atoms with Crippen molar-refractivity contribution < 1.29 is 28.5 Å². The van der Waals surface area contributed by atoms with Crippen LogP contribution in [-0.4, -0.2) is 25.3 Å². The highest BCUT2D eigenvalue weighted by atomic mass is 16.7. The van der Waals surface area contributed by atoms with Crippen LogP contribution >= 0.6 is 0 Å². The SMILES string of the molecule is CCCCCOC(=O)Oc1ccc(C(=O)Oc2ccc(OCC)cc2)cc1. The van der Waals surface area contributed by atoms with Crippen molar-refractivity contribution in [2.45, 2.75) is 33.1 Å². The molecule has 0 heterocycles. The summed E-state index contributed by atoms with van der Waals surface area (Å²) in [5.74, 6) is 0.917. The van der Waals surface area contributed by atoms with Crippen LogP contribution in [-0.2, 0) is 4.74 Å². The zero-order valence-electron chi connectivity index (χ0n) is 15.6. The lowest BCUT2D eigenvalue weighted by atomic mass is 10.2. The standard InChI is InChI=1S/C21H24O6/c1-3-5-6-15-25-21(23)27-19-9-7-16(8-10-19)20(22)26-18-13-11-17(12-14-18)24-4-2/h7-14H,3-6,15H2,1-2H3. The van der Waals surface area contributed by atoms with Crippen LogP contribution in [0.25, 0.3) is 0 Å². The molecule has 0 N–H and O–H groups in total. The first-order valence-electron chi connectivity index (χ1n) is 9.02. The van der Waals surface area contributed by atoms with Crippen molar-refractivity contribution in [1.82, 2.24) is 0 Å². The number of ether oxygens (including phenoxy) is 4. The van der Waals surface area contributed by atoms with E-state index in [1.165, 1.54) is 24.3 Å². The van der Waals surface area contributed by atoms with Gasteiger partial charge in [0.2, 0.25) is 0 Å². The molecule has 0 fully saturated rings. The molecule has 2 aromatic rings. The summed E-state index contributed by atoms with van der Waals surface area (Å²) in [6.45, 7) is 4.87. The number of rotatable bonds is 9. The number of carbonyl (C=O) groups is 2. The summed E-state index contributed by atoms with van der Waals surface area (Å²) in [7, 11) is 0. The van der Waals surface area contributed by atoms with Crippen LogP contribution in [0.4, 0.5) is 4.79 Å². The van der Waals surface area contributed by atoms with Gasteiger partial charge in [0.25, 0.3) is 0 Å². The van der Waals surface area contributed by atoms with E-state index in [1.807, 2.05) is 6.92 Å². The van der Waals surface area contributed by atoms with Gasteiger partial charge in [-0.2, -0.15) is 0 Å². The molecule has 0 radical (unpaired) electrons. The minimum Gasteiger partial charge on any atom is -0.494 e. The summed E-state index contributed by atoms with van der Waals surface area (Å²) in [6, 6.07) is 12.9. The predicted octanol–water partition coefficient (Wildman–Crippen LogP) is 5.01. The Morgan fingerprint density at radius 2 is 1.37 bits per heavy atom. The van der Waals surface area contributed by atoms with Gasteiger partial charge in [0.05, 0.1) is 18.8 Å². The van der Waals surface area contributed by atoms with Crippen LogP contribution in [0.2, 0.25) is 0 Å². The van der Waals surface area contributed by atoms with Crippen LogP contribution < -0.4 is 14.2 Å². The summed E-state index contributed by atoms with van der Waals surface area (Å²) < 4.78 is 20.7. The summed E-state index contributed by atoms with van der Waals surface area (Å²) in [5, 5.41) is 0. The van der Waals surface area contributed by atoms with Gasteiger partial charge in [-0.3, -0.25) is 0 Å². The van der Waals surface area contributed by atoms with Crippen LogP contribution in [0.3, 0.4) is 0 Å². The van der Waals surface area contributed by atoms with Gasteiger partial charge >= 0.3 is 12.1 Å². The van der Waals surface area contributed by atoms with E-state index >= 15 is 0 Å². The zero-order valence-corrected chi connectivity index (χ0v) is 15.6. The predicted molar refractivity (Wildman–Crippen MR) is 101 cm³/mol. The fourth-order valence-corrected chi connectivity index (χ4v) is 2.23. The second kappa shape index (κ2) is 10.9. The fourth-order valence-electron chi connectivity index (χ4n) is 2.23. The molecule has 0 unspecified atom stereocenters. The smallest absolute Gasteiger partial charge is 0.494 e. The summed E-state index contributed by atoms with van der Waals surface area (Å²) in [4.78, 5) is 23.7. The first-order valence-corrected chi connectivity index (χ1v) is 9.02. The third-order valence-corrected chi connectivity index (χ3v) is 3.60. The van der Waals surface area contributed by atoms with Crippen molar-refractivity contribution >= 4 is 12.1 Å². The molecule has 2 rings (SSSR count). The monoisotopic (exact) mass is 372 g/mol. The van der Waals surface area contributed by atoms with Gasteiger partial charge in [0.15, 0.2) is 0 Å². The summed E-state index contributed by atoms with van der Waals surface area (Å²) in [5.41, 5.74) is 0.340. The number of hydrogen-bond donors (Lipinski definition) is 0. The average Bonchev–Trinajstić information content (AvgIpc) is 2.67. The Kier molecular flexibility index (Phi) is 8.16. The molecule has 0 aromatic heterocycles. The fraction of sp³-hybridized carbons (Fsp3) is 0.333. The molecule has 0 spiro atoms. The summed E-state index contributed by atoms with van der Waals surface area (Å²) >= 11 is 0. The van der Waals surface area contributed by atoms with Gasteiger partial charge in [-0.05, 0) is 61.9 Å². The highest BCUT2D eigenvalue weighted by Crippen LogP contribution is 2.19. The van der Waals surface area contributed by atoms with Crippen molar-refractivity contribution in [3.8, 4) is 17.2 Å². The first-order chi connectivity index (χ1) is 13.1. The average molecular weight is 372 g/mol. The lowest BCUT2D eigenvalue weighted by molar-refractivity contribution is 0.0734. The van der Waals surface area contributed by atoms with Gasteiger partial charge in [-0.25, -0.2) is 9.59 Å². The Morgan fingerprint density at radius 1 is 0.778 bits per heavy atom. The molecule has 27 heavy (non-hydrogen) atoms. The molecule has 0 aliphatic carbocycles. The lowest BCUT2D eigenvalue weighted by Crippen LogP contribution is -2.12. The van der Waals surface area contributed by atoms with Gasteiger partial charge in [0, 0.05) is 0 Å². The van der Waals surface area contributed by atoms with E-state index in [1.54, 1.807) is 24.3 Å². The topological polar surface area (TPSA) is 71.1 Å².